The lowest BCUT2D eigenvalue weighted by Gasteiger charge is -2.24. The zero-order valence-electron chi connectivity index (χ0n) is 5.96. The molecule has 0 radical (unpaired) electrons. The molecule has 0 aliphatic heterocycles. The molecule has 74 valence electrons. The van der Waals surface area contributed by atoms with Crippen molar-refractivity contribution in [1.82, 2.24) is 0 Å². The lowest BCUT2D eigenvalue weighted by Crippen LogP contribution is -2.44. The van der Waals surface area contributed by atoms with E-state index < -0.39 is 25.1 Å². The van der Waals surface area contributed by atoms with Crippen LogP contribution < -0.4 is 0 Å². The van der Waals surface area contributed by atoms with E-state index in [1.807, 2.05) is 0 Å². The van der Waals surface area contributed by atoms with Crippen LogP contribution >= 0.6 is 0 Å². The van der Waals surface area contributed by atoms with E-state index >= 15 is 0 Å². The molecule has 1 nitrogen and oxygen atoms in total. The summed E-state index contributed by atoms with van der Waals surface area (Å²) in [6.45, 7) is -1.88. The zero-order chi connectivity index (χ0) is 9.99. The highest BCUT2D eigenvalue weighted by Gasteiger charge is 2.54. The number of hydrogen-bond acceptors (Lipinski definition) is 1. The molecule has 0 aromatic carbocycles. The van der Waals surface area contributed by atoms with E-state index in [9.17, 15) is 26.3 Å². The summed E-state index contributed by atoms with van der Waals surface area (Å²) in [7, 11) is 0. The average Bonchev–Trinajstić information content (AvgIpc) is 1.77. The molecule has 7 heteroatoms. The minimum Gasteiger partial charge on any atom is -0.331 e. The van der Waals surface area contributed by atoms with Gasteiger partial charge in [-0.25, -0.2) is 13.2 Å². The predicted molar refractivity (Wildman–Crippen MR) is 27.5 cm³/mol. The summed E-state index contributed by atoms with van der Waals surface area (Å²) in [5, 5.41) is 0. The Balaban J connectivity index is 4.45. The van der Waals surface area contributed by atoms with Gasteiger partial charge in [0.2, 0.25) is 6.10 Å². The first-order valence-corrected chi connectivity index (χ1v) is 2.81. The molecule has 0 amide bonds. The Kier molecular flexibility index (Phi) is 3.37. The van der Waals surface area contributed by atoms with Crippen molar-refractivity contribution in [2.24, 2.45) is 0 Å². The van der Waals surface area contributed by atoms with E-state index in [1.54, 1.807) is 0 Å². The molecule has 0 fully saturated rings. The predicted octanol–water partition coefficient (Wildman–Crippen LogP) is 2.52. The van der Waals surface area contributed by atoms with E-state index in [0.29, 0.717) is 0 Å². The van der Waals surface area contributed by atoms with Crippen LogP contribution in [-0.4, -0.2) is 25.1 Å². The largest absolute Gasteiger partial charge is 0.420 e. The van der Waals surface area contributed by atoms with E-state index in [0.717, 1.165) is 0 Å². The number of alkyl halides is 6. The summed E-state index contributed by atoms with van der Waals surface area (Å²) >= 11 is 0. The SMILES string of the molecule is CC(F)(F)C(OCF)C(F)(F)F. The summed E-state index contributed by atoms with van der Waals surface area (Å²) in [6, 6.07) is 0. The highest BCUT2D eigenvalue weighted by molar-refractivity contribution is 4.79. The maximum absolute atomic E-state index is 12.1. The van der Waals surface area contributed by atoms with E-state index in [1.165, 1.54) is 0 Å². The zero-order valence-corrected chi connectivity index (χ0v) is 5.96. The van der Waals surface area contributed by atoms with Crippen LogP contribution in [0.3, 0.4) is 0 Å². The van der Waals surface area contributed by atoms with E-state index in [2.05, 4.69) is 4.74 Å². The molecule has 0 aliphatic carbocycles. The number of ether oxygens (including phenoxy) is 1. The van der Waals surface area contributed by atoms with Gasteiger partial charge in [0.05, 0.1) is 0 Å². The molecule has 0 bridgehead atoms. The Morgan fingerprint density at radius 2 is 1.58 bits per heavy atom. The molecular weight excluding hydrogens is 190 g/mol. The lowest BCUT2D eigenvalue weighted by atomic mass is 10.2. The summed E-state index contributed by atoms with van der Waals surface area (Å²) in [5.74, 6) is -4.13. The van der Waals surface area contributed by atoms with E-state index in [4.69, 9.17) is 0 Å². The Morgan fingerprint density at radius 1 is 1.17 bits per heavy atom. The summed E-state index contributed by atoms with van der Waals surface area (Å²) in [4.78, 5) is 0. The Hall–Kier alpha value is -0.460. The summed E-state index contributed by atoms with van der Waals surface area (Å²) < 4.78 is 73.5. The van der Waals surface area contributed by atoms with Crippen molar-refractivity contribution in [3.63, 3.8) is 0 Å². The van der Waals surface area contributed by atoms with Crippen molar-refractivity contribution in [2.45, 2.75) is 25.1 Å². The van der Waals surface area contributed by atoms with Crippen molar-refractivity contribution in [2.75, 3.05) is 6.86 Å². The third-order valence-corrected chi connectivity index (χ3v) is 0.987. The normalized spacial score (nSPS) is 16.2. The topological polar surface area (TPSA) is 9.23 Å². The van der Waals surface area contributed by atoms with Crippen LogP contribution in [0.4, 0.5) is 26.3 Å². The highest BCUT2D eigenvalue weighted by Crippen LogP contribution is 2.34. The minimum absolute atomic E-state index is 0.0147. The fourth-order valence-electron chi connectivity index (χ4n) is 0.591. The first-order chi connectivity index (χ1) is 5.19. The van der Waals surface area contributed by atoms with E-state index in [-0.39, 0.29) is 6.92 Å². The van der Waals surface area contributed by atoms with Crippen LogP contribution in [0.1, 0.15) is 6.92 Å². The fourth-order valence-corrected chi connectivity index (χ4v) is 0.591. The molecule has 1 atom stereocenters. The van der Waals surface area contributed by atoms with Gasteiger partial charge in [-0.05, 0) is 0 Å². The standard InChI is InChI=1S/C5H6F6O/c1-4(7,8)3(12-2-6)5(9,10)11/h3H,2H2,1H3. The maximum atomic E-state index is 12.1. The third-order valence-electron chi connectivity index (χ3n) is 0.987. The van der Waals surface area contributed by atoms with Crippen LogP contribution in [0, 0.1) is 0 Å². The molecule has 0 rings (SSSR count). The fraction of sp³-hybridized carbons (Fsp3) is 1.00. The summed E-state index contributed by atoms with van der Waals surface area (Å²) in [5.41, 5.74) is 0. The summed E-state index contributed by atoms with van der Waals surface area (Å²) in [6.07, 6.45) is -8.64. The van der Waals surface area contributed by atoms with Gasteiger partial charge in [-0.3, -0.25) is 0 Å². The van der Waals surface area contributed by atoms with Crippen molar-refractivity contribution < 1.29 is 31.1 Å². The molecular formula is C5H6F6O. The number of halogens is 6. The van der Waals surface area contributed by atoms with Crippen LogP contribution in [0.2, 0.25) is 0 Å². The third kappa shape index (κ3) is 3.29. The van der Waals surface area contributed by atoms with Gasteiger partial charge in [0.25, 0.3) is 5.92 Å². The van der Waals surface area contributed by atoms with Crippen molar-refractivity contribution >= 4 is 0 Å². The molecule has 12 heavy (non-hydrogen) atoms. The smallest absolute Gasteiger partial charge is 0.331 e. The van der Waals surface area contributed by atoms with Gasteiger partial charge in [-0.2, -0.15) is 13.2 Å². The van der Waals surface area contributed by atoms with Gasteiger partial charge >= 0.3 is 6.18 Å². The highest BCUT2D eigenvalue weighted by atomic mass is 19.4. The van der Waals surface area contributed by atoms with Crippen LogP contribution in [0.25, 0.3) is 0 Å². The van der Waals surface area contributed by atoms with Crippen LogP contribution in [0.15, 0.2) is 0 Å². The average molecular weight is 196 g/mol. The molecule has 0 N–H and O–H groups in total. The molecule has 0 aromatic heterocycles. The van der Waals surface area contributed by atoms with Gasteiger partial charge in [0.15, 0.2) is 6.86 Å². The van der Waals surface area contributed by atoms with Gasteiger partial charge in [0.1, 0.15) is 0 Å². The van der Waals surface area contributed by atoms with Gasteiger partial charge < -0.3 is 4.74 Å². The number of rotatable bonds is 3. The second-order valence-corrected chi connectivity index (χ2v) is 2.15. The second kappa shape index (κ2) is 3.51. The minimum atomic E-state index is -5.26. The van der Waals surface area contributed by atoms with Crippen LogP contribution in [-0.2, 0) is 4.74 Å². The Labute approximate surface area is 64.3 Å². The number of hydrogen-bond donors (Lipinski definition) is 0. The molecule has 0 aromatic rings. The quantitative estimate of drug-likeness (QED) is 0.630. The first kappa shape index (κ1) is 11.5. The van der Waals surface area contributed by atoms with Crippen molar-refractivity contribution in [3.8, 4) is 0 Å². The molecule has 0 aliphatic rings. The maximum Gasteiger partial charge on any atom is 0.420 e. The Bertz CT molecular complexity index is 122. The molecule has 0 saturated carbocycles. The lowest BCUT2D eigenvalue weighted by molar-refractivity contribution is -0.287. The molecule has 1 unspecified atom stereocenters. The van der Waals surface area contributed by atoms with Gasteiger partial charge in [0, 0.05) is 6.92 Å². The van der Waals surface area contributed by atoms with Gasteiger partial charge in [-0.1, -0.05) is 0 Å². The van der Waals surface area contributed by atoms with Crippen molar-refractivity contribution in [3.05, 3.63) is 0 Å². The molecule has 0 heterocycles. The van der Waals surface area contributed by atoms with Gasteiger partial charge in [-0.15, -0.1) is 0 Å². The molecule has 0 saturated heterocycles. The van der Waals surface area contributed by atoms with Crippen molar-refractivity contribution in [1.29, 1.82) is 0 Å². The monoisotopic (exact) mass is 196 g/mol. The van der Waals surface area contributed by atoms with Crippen LogP contribution in [0.5, 0.6) is 0 Å². The Morgan fingerprint density at radius 3 is 1.67 bits per heavy atom. The second-order valence-electron chi connectivity index (χ2n) is 2.15. The first-order valence-electron chi connectivity index (χ1n) is 2.81. The molecule has 0 spiro atoms.